The molecule has 1 amide bonds. The fourth-order valence-corrected chi connectivity index (χ4v) is 5.36. The molecule has 0 aromatic carbocycles. The highest BCUT2D eigenvalue weighted by molar-refractivity contribution is 8.00. The maximum absolute atomic E-state index is 11.1. The summed E-state index contributed by atoms with van der Waals surface area (Å²) in [6.07, 6.45) is 6.91. The SMILES string of the molecule is CNc1ccc(-c2nc3c(c(N4CCOCC4)n2)SC(NCCCCCCC(=O)NO)C3)cn1. The van der Waals surface area contributed by atoms with Crippen LogP contribution in [0.4, 0.5) is 11.6 Å². The van der Waals surface area contributed by atoms with Crippen molar-refractivity contribution in [1.29, 1.82) is 0 Å². The van der Waals surface area contributed by atoms with Crippen LogP contribution in [0.2, 0.25) is 0 Å². The number of rotatable bonds is 11. The van der Waals surface area contributed by atoms with Crippen LogP contribution in [0.3, 0.4) is 0 Å². The van der Waals surface area contributed by atoms with E-state index in [9.17, 15) is 4.79 Å². The number of pyridine rings is 1. The Labute approximate surface area is 204 Å². The molecule has 34 heavy (non-hydrogen) atoms. The Morgan fingerprint density at radius 3 is 2.76 bits per heavy atom. The predicted molar refractivity (Wildman–Crippen MR) is 132 cm³/mol. The van der Waals surface area contributed by atoms with E-state index < -0.39 is 0 Å². The number of carbonyl (C=O) groups is 1. The van der Waals surface area contributed by atoms with E-state index >= 15 is 0 Å². The number of hydrogen-bond donors (Lipinski definition) is 4. The topological polar surface area (TPSA) is 125 Å². The summed E-state index contributed by atoms with van der Waals surface area (Å²) in [5.74, 6) is 2.21. The molecule has 10 nitrogen and oxygen atoms in total. The first-order chi connectivity index (χ1) is 16.7. The Morgan fingerprint density at radius 2 is 2.03 bits per heavy atom. The van der Waals surface area contributed by atoms with E-state index in [1.54, 1.807) is 5.48 Å². The van der Waals surface area contributed by atoms with Crippen LogP contribution in [0.5, 0.6) is 0 Å². The number of fused-ring (bicyclic) bond motifs is 1. The third-order valence-corrected chi connectivity index (χ3v) is 7.24. The van der Waals surface area contributed by atoms with Crippen LogP contribution in [-0.2, 0) is 16.0 Å². The van der Waals surface area contributed by atoms with Crippen molar-refractivity contribution in [1.82, 2.24) is 25.7 Å². The van der Waals surface area contributed by atoms with E-state index in [0.717, 1.165) is 79.5 Å². The quantitative estimate of drug-likeness (QED) is 0.213. The third kappa shape index (κ3) is 6.35. The number of aromatic nitrogens is 3. The van der Waals surface area contributed by atoms with Crippen LogP contribution in [0.1, 0.15) is 37.8 Å². The molecule has 1 unspecified atom stereocenters. The van der Waals surface area contributed by atoms with Gasteiger partial charge in [-0.05, 0) is 31.5 Å². The summed E-state index contributed by atoms with van der Waals surface area (Å²) in [5, 5.41) is 15.5. The van der Waals surface area contributed by atoms with Crippen molar-refractivity contribution < 1.29 is 14.7 Å². The van der Waals surface area contributed by atoms with E-state index in [1.807, 2.05) is 37.1 Å². The van der Waals surface area contributed by atoms with Crippen LogP contribution < -0.4 is 21.0 Å². The molecular weight excluding hydrogens is 454 g/mol. The Balaban J connectivity index is 1.39. The molecule has 1 fully saturated rings. The van der Waals surface area contributed by atoms with Crippen molar-refractivity contribution in [3.8, 4) is 11.4 Å². The maximum Gasteiger partial charge on any atom is 0.243 e. The van der Waals surface area contributed by atoms with Crippen molar-refractivity contribution >= 4 is 29.3 Å². The van der Waals surface area contributed by atoms with Gasteiger partial charge >= 0.3 is 0 Å². The van der Waals surface area contributed by atoms with Crippen LogP contribution >= 0.6 is 11.8 Å². The number of amides is 1. The molecule has 1 saturated heterocycles. The maximum atomic E-state index is 11.1. The molecule has 2 aliphatic heterocycles. The lowest BCUT2D eigenvalue weighted by atomic mass is 10.1. The van der Waals surface area contributed by atoms with Crippen molar-refractivity contribution in [2.24, 2.45) is 0 Å². The summed E-state index contributed by atoms with van der Waals surface area (Å²) < 4.78 is 5.56. The van der Waals surface area contributed by atoms with E-state index in [4.69, 9.17) is 19.9 Å². The number of nitrogens with zero attached hydrogens (tertiary/aromatic N) is 4. The van der Waals surface area contributed by atoms with Crippen LogP contribution in [0, 0.1) is 0 Å². The van der Waals surface area contributed by atoms with Gasteiger partial charge in [0.05, 0.1) is 29.2 Å². The van der Waals surface area contributed by atoms with Gasteiger partial charge in [-0.2, -0.15) is 0 Å². The third-order valence-electron chi connectivity index (χ3n) is 5.97. The number of ether oxygens (including phenoxy) is 1. The van der Waals surface area contributed by atoms with E-state index in [1.165, 1.54) is 0 Å². The monoisotopic (exact) mass is 487 g/mol. The summed E-state index contributed by atoms with van der Waals surface area (Å²) in [4.78, 5) is 28.9. The molecule has 2 aromatic rings. The fourth-order valence-electron chi connectivity index (χ4n) is 4.09. The Hall–Kier alpha value is -2.47. The minimum Gasteiger partial charge on any atom is -0.378 e. The van der Waals surface area contributed by atoms with Gasteiger partial charge in [0.1, 0.15) is 11.6 Å². The number of anilines is 2. The standard InChI is InChI=1S/C23H33N7O3S/c1-24-18-8-7-16(15-26-18)22-27-17-14-20(25-9-5-3-2-4-6-19(31)29-32)34-21(17)23(28-22)30-10-12-33-13-11-30/h7-8,15,20,25,32H,2-6,9-14H2,1H3,(H,24,26)(H,29,31). The summed E-state index contributed by atoms with van der Waals surface area (Å²) >= 11 is 1.82. The molecule has 0 spiro atoms. The minimum absolute atomic E-state index is 0.268. The highest BCUT2D eigenvalue weighted by Gasteiger charge is 2.30. The average Bonchev–Trinajstić information content (AvgIpc) is 3.30. The van der Waals surface area contributed by atoms with Crippen LogP contribution in [0.25, 0.3) is 11.4 Å². The zero-order valence-electron chi connectivity index (χ0n) is 19.5. The largest absolute Gasteiger partial charge is 0.378 e. The van der Waals surface area contributed by atoms with Gasteiger partial charge in [-0.25, -0.2) is 20.4 Å². The van der Waals surface area contributed by atoms with Gasteiger partial charge in [0, 0.05) is 44.7 Å². The Bertz CT molecular complexity index is 954. The lowest BCUT2D eigenvalue weighted by Crippen LogP contribution is -2.37. The number of unbranched alkanes of at least 4 members (excludes halogenated alkanes) is 3. The smallest absolute Gasteiger partial charge is 0.243 e. The fraction of sp³-hybridized carbons (Fsp3) is 0.565. The molecule has 4 N–H and O–H groups in total. The Kier molecular flexibility index (Phi) is 8.91. The van der Waals surface area contributed by atoms with Crippen molar-refractivity contribution in [2.75, 3.05) is 50.1 Å². The predicted octanol–water partition coefficient (Wildman–Crippen LogP) is 2.44. The molecule has 4 heterocycles. The molecule has 0 radical (unpaired) electrons. The second kappa shape index (κ2) is 12.3. The van der Waals surface area contributed by atoms with Gasteiger partial charge in [0.2, 0.25) is 5.91 Å². The lowest BCUT2D eigenvalue weighted by Gasteiger charge is -2.29. The van der Waals surface area contributed by atoms with Gasteiger partial charge in [0.15, 0.2) is 5.82 Å². The molecule has 2 aromatic heterocycles. The molecule has 0 bridgehead atoms. The highest BCUT2D eigenvalue weighted by Crippen LogP contribution is 2.42. The van der Waals surface area contributed by atoms with Gasteiger partial charge in [-0.15, -0.1) is 11.8 Å². The number of hydrogen-bond acceptors (Lipinski definition) is 10. The lowest BCUT2D eigenvalue weighted by molar-refractivity contribution is -0.129. The van der Waals surface area contributed by atoms with Crippen molar-refractivity contribution in [3.05, 3.63) is 24.0 Å². The number of carbonyl (C=O) groups excluding carboxylic acids is 1. The number of morpholine rings is 1. The molecule has 11 heteroatoms. The van der Waals surface area contributed by atoms with E-state index in [-0.39, 0.29) is 11.3 Å². The van der Waals surface area contributed by atoms with Crippen molar-refractivity contribution in [3.63, 3.8) is 0 Å². The number of nitrogens with one attached hydrogen (secondary N) is 3. The molecule has 0 aliphatic carbocycles. The van der Waals surface area contributed by atoms with Gasteiger partial charge in [-0.3, -0.25) is 10.0 Å². The summed E-state index contributed by atoms with van der Waals surface area (Å²) in [5.41, 5.74) is 3.67. The zero-order valence-corrected chi connectivity index (χ0v) is 20.4. The molecule has 2 aliphatic rings. The van der Waals surface area contributed by atoms with Crippen LogP contribution in [0.15, 0.2) is 23.2 Å². The molecule has 0 saturated carbocycles. The van der Waals surface area contributed by atoms with E-state index in [2.05, 4.69) is 20.5 Å². The van der Waals surface area contributed by atoms with Gasteiger partial charge in [-0.1, -0.05) is 12.8 Å². The minimum atomic E-state index is -0.316. The first kappa shape index (κ1) is 24.6. The van der Waals surface area contributed by atoms with Gasteiger partial charge < -0.3 is 20.3 Å². The normalized spacial score (nSPS) is 17.5. The summed E-state index contributed by atoms with van der Waals surface area (Å²) in [6, 6.07) is 3.95. The summed E-state index contributed by atoms with van der Waals surface area (Å²) in [6.45, 7) is 3.98. The van der Waals surface area contributed by atoms with Gasteiger partial charge in [0.25, 0.3) is 0 Å². The summed E-state index contributed by atoms with van der Waals surface area (Å²) in [7, 11) is 1.85. The number of hydroxylamine groups is 1. The van der Waals surface area contributed by atoms with Crippen molar-refractivity contribution in [2.45, 2.75) is 48.8 Å². The van der Waals surface area contributed by atoms with E-state index in [0.29, 0.717) is 25.5 Å². The Morgan fingerprint density at radius 1 is 1.21 bits per heavy atom. The van der Waals surface area contributed by atoms with Crippen LogP contribution in [-0.4, -0.2) is 71.3 Å². The average molecular weight is 488 g/mol. The second-order valence-electron chi connectivity index (χ2n) is 8.39. The number of thioether (sulfide) groups is 1. The molecule has 184 valence electrons. The zero-order chi connectivity index (χ0) is 23.8. The molecule has 1 atom stereocenters. The second-order valence-corrected chi connectivity index (χ2v) is 9.61. The molecular formula is C23H33N7O3S. The first-order valence-corrected chi connectivity index (χ1v) is 12.8. The first-order valence-electron chi connectivity index (χ1n) is 11.9. The highest BCUT2D eigenvalue weighted by atomic mass is 32.2. The molecule has 4 rings (SSSR count).